The summed E-state index contributed by atoms with van der Waals surface area (Å²) in [6.07, 6.45) is 3.22. The van der Waals surface area contributed by atoms with Crippen LogP contribution in [0.1, 0.15) is 46.6 Å². The second kappa shape index (κ2) is 10.7. The van der Waals surface area contributed by atoms with Crippen molar-refractivity contribution in [3.8, 4) is 0 Å². The van der Waals surface area contributed by atoms with Crippen LogP contribution in [-0.2, 0) is 26.2 Å². The van der Waals surface area contributed by atoms with E-state index in [1.807, 2.05) is 29.6 Å². The Kier molecular flexibility index (Phi) is 7.70. The molecule has 0 amide bonds. The van der Waals surface area contributed by atoms with Gasteiger partial charge < -0.3 is 14.8 Å². The maximum Gasteiger partial charge on any atom is 0.333 e. The summed E-state index contributed by atoms with van der Waals surface area (Å²) in [5.74, 6) is -0.952. The van der Waals surface area contributed by atoms with Gasteiger partial charge in [0.15, 0.2) is 5.79 Å². The van der Waals surface area contributed by atoms with Gasteiger partial charge in [-0.15, -0.1) is 11.3 Å². The van der Waals surface area contributed by atoms with E-state index in [1.54, 1.807) is 13.8 Å². The molecule has 4 atom stereocenters. The number of ether oxygens (including phenoxy) is 2. The minimum Gasteiger partial charge on any atom is -0.364 e. The summed E-state index contributed by atoms with van der Waals surface area (Å²) in [4.78, 5) is 22.5. The number of hydrogen-bond acceptors (Lipinski definition) is 9. The van der Waals surface area contributed by atoms with Crippen LogP contribution in [0, 0.1) is 5.92 Å². The Balaban J connectivity index is 1.34. The third-order valence-electron chi connectivity index (χ3n) is 6.56. The predicted octanol–water partition coefficient (Wildman–Crippen LogP) is 3.84. The number of hydrogen-bond donors (Lipinski definition) is 3. The van der Waals surface area contributed by atoms with Gasteiger partial charge in [-0.05, 0) is 61.4 Å². The molecule has 1 aliphatic carbocycles. The third kappa shape index (κ3) is 6.30. The maximum atomic E-state index is 13.5. The Hall–Kier alpha value is -2.26. The summed E-state index contributed by atoms with van der Waals surface area (Å²) in [7, 11) is -4.35. The Bertz CT molecular complexity index is 1450. The zero-order valence-corrected chi connectivity index (χ0v) is 23.8. The van der Waals surface area contributed by atoms with Gasteiger partial charge in [0, 0.05) is 23.1 Å². The molecule has 1 saturated heterocycles. The number of carbonyl (C=O) groups is 1. The van der Waals surface area contributed by atoms with Crippen LogP contribution in [0.15, 0.2) is 52.7 Å². The van der Waals surface area contributed by atoms with E-state index in [-0.39, 0.29) is 24.3 Å². The van der Waals surface area contributed by atoms with Crippen LogP contribution in [0.4, 0.5) is 5.82 Å². The van der Waals surface area contributed by atoms with Crippen molar-refractivity contribution < 1.29 is 27.2 Å². The van der Waals surface area contributed by atoms with E-state index in [2.05, 4.69) is 42.0 Å². The van der Waals surface area contributed by atoms with Gasteiger partial charge >= 0.3 is 10.3 Å². The number of thiophene rings is 1. The first-order chi connectivity index (χ1) is 18.0. The Morgan fingerprint density at radius 2 is 2.03 bits per heavy atom. The summed E-state index contributed by atoms with van der Waals surface area (Å²) >= 11 is 4.87. The molecule has 2 fully saturated rings. The van der Waals surface area contributed by atoms with Gasteiger partial charge in [0.2, 0.25) is 5.78 Å². The fourth-order valence-corrected chi connectivity index (χ4v) is 6.77. The molecule has 2 aromatic heterocycles. The van der Waals surface area contributed by atoms with E-state index in [0.29, 0.717) is 29.1 Å². The van der Waals surface area contributed by atoms with Gasteiger partial charge in [-0.3, -0.25) is 9.35 Å². The molecule has 0 bridgehead atoms. The third-order valence-corrected chi connectivity index (χ3v) is 8.57. The molecule has 3 heterocycles. The number of anilines is 1. The molecule has 10 nitrogen and oxygen atoms in total. The lowest BCUT2D eigenvalue weighted by Crippen LogP contribution is -2.35. The maximum absolute atomic E-state index is 13.5. The van der Waals surface area contributed by atoms with Crippen molar-refractivity contribution in [1.82, 2.24) is 14.7 Å². The van der Waals surface area contributed by atoms with Crippen molar-refractivity contribution in [2.24, 2.45) is 5.92 Å². The summed E-state index contributed by atoms with van der Waals surface area (Å²) in [6, 6.07) is 9.63. The number of rotatable bonds is 9. The monoisotopic (exact) mass is 622 g/mol. The topological polar surface area (TPSA) is 140 Å². The molecule has 1 aliphatic heterocycles. The predicted molar refractivity (Wildman–Crippen MR) is 146 cm³/mol. The Morgan fingerprint density at radius 3 is 2.79 bits per heavy atom. The van der Waals surface area contributed by atoms with Gasteiger partial charge in [0.05, 0.1) is 22.6 Å². The molecule has 0 unspecified atom stereocenters. The molecule has 202 valence electrons. The second-order valence-corrected chi connectivity index (χ2v) is 12.9. The summed E-state index contributed by atoms with van der Waals surface area (Å²) in [5.41, 5.74) is 2.50. The fraction of sp³-hybridized carbons (Fsp3) is 0.400. The normalized spacial score (nSPS) is 24.3. The van der Waals surface area contributed by atoms with Gasteiger partial charge in [0.25, 0.3) is 0 Å². The van der Waals surface area contributed by atoms with E-state index in [0.717, 1.165) is 15.6 Å². The summed E-state index contributed by atoms with van der Waals surface area (Å²) < 4.78 is 47.0. The Morgan fingerprint density at radius 1 is 1.24 bits per heavy atom. The highest BCUT2D eigenvalue weighted by molar-refractivity contribution is 9.10. The SMILES string of the molecule is CC1(C)O[C@@H]2[C@@H](CNS(=O)(=O)O)C[C@@H](Nc3ncncc3C(=O)c3cc(Cc4cccc(Br)c4)cs3)[C@@H]2O1. The minimum absolute atomic E-state index is 0.0108. The van der Waals surface area contributed by atoms with Crippen molar-refractivity contribution >= 4 is 49.2 Å². The highest BCUT2D eigenvalue weighted by atomic mass is 79.9. The molecule has 0 radical (unpaired) electrons. The molecule has 3 N–H and O–H groups in total. The van der Waals surface area contributed by atoms with Crippen molar-refractivity contribution in [3.05, 3.63) is 74.3 Å². The minimum atomic E-state index is -4.35. The molecule has 2 aliphatic rings. The van der Waals surface area contributed by atoms with Crippen LogP contribution in [0.2, 0.25) is 0 Å². The molecule has 1 saturated carbocycles. The quantitative estimate of drug-likeness (QED) is 0.240. The van der Waals surface area contributed by atoms with Crippen LogP contribution < -0.4 is 10.0 Å². The lowest BCUT2D eigenvalue weighted by atomic mass is 10.1. The number of nitrogens with zero attached hydrogens (tertiary/aromatic N) is 2. The summed E-state index contributed by atoms with van der Waals surface area (Å²) in [6.45, 7) is 3.57. The fourth-order valence-electron chi connectivity index (χ4n) is 5.03. The van der Waals surface area contributed by atoms with Crippen molar-refractivity contribution in [2.75, 3.05) is 11.9 Å². The zero-order valence-electron chi connectivity index (χ0n) is 20.6. The van der Waals surface area contributed by atoms with Crippen LogP contribution in [0.3, 0.4) is 0 Å². The number of aromatic nitrogens is 2. The standard InChI is InChI=1S/C25H27BrN4O6S2/c1-25(2)35-22-16(10-29-38(32,33)34)9-19(23(22)36-25)30-24-18(11-27-13-28-24)21(31)20-8-15(12-37-20)6-14-4-3-5-17(26)7-14/h3-5,7-8,11-13,16,19,22-23,29H,6,9-10H2,1-2H3,(H,27,28,30)(H,32,33,34)/t16-,19-,22-,23+/m1/s1. The van der Waals surface area contributed by atoms with E-state index in [9.17, 15) is 13.2 Å². The smallest absolute Gasteiger partial charge is 0.333 e. The van der Waals surface area contributed by atoms with Gasteiger partial charge in [0.1, 0.15) is 18.2 Å². The van der Waals surface area contributed by atoms with Crippen molar-refractivity contribution in [3.63, 3.8) is 0 Å². The van der Waals surface area contributed by atoms with Crippen molar-refractivity contribution in [2.45, 2.75) is 50.7 Å². The first kappa shape index (κ1) is 27.3. The largest absolute Gasteiger partial charge is 0.364 e. The number of nitrogens with one attached hydrogen (secondary N) is 2. The highest BCUT2D eigenvalue weighted by Gasteiger charge is 2.54. The van der Waals surface area contributed by atoms with Crippen LogP contribution in [0.5, 0.6) is 0 Å². The molecular formula is C25H27BrN4O6S2. The lowest BCUT2D eigenvalue weighted by Gasteiger charge is -2.24. The van der Waals surface area contributed by atoms with Crippen LogP contribution in [0.25, 0.3) is 0 Å². The zero-order chi connectivity index (χ0) is 27.1. The average Bonchev–Trinajstić information content (AvgIpc) is 3.51. The molecule has 5 rings (SSSR count). The second-order valence-electron chi connectivity index (χ2n) is 9.87. The van der Waals surface area contributed by atoms with Crippen LogP contribution >= 0.6 is 27.3 Å². The molecular weight excluding hydrogens is 596 g/mol. The van der Waals surface area contributed by atoms with Crippen molar-refractivity contribution in [1.29, 1.82) is 0 Å². The van der Waals surface area contributed by atoms with E-state index in [4.69, 9.17) is 14.0 Å². The number of carbonyl (C=O) groups excluding carboxylic acids is 1. The first-order valence-electron chi connectivity index (χ1n) is 12.0. The molecule has 3 aromatic rings. The lowest BCUT2D eigenvalue weighted by molar-refractivity contribution is -0.156. The van der Waals surface area contributed by atoms with E-state index >= 15 is 0 Å². The summed E-state index contributed by atoms with van der Waals surface area (Å²) in [5, 5.41) is 5.31. The average molecular weight is 624 g/mol. The van der Waals surface area contributed by atoms with Gasteiger partial charge in [-0.1, -0.05) is 28.1 Å². The molecule has 38 heavy (non-hydrogen) atoms. The Labute approximate surface area is 233 Å². The highest BCUT2D eigenvalue weighted by Crippen LogP contribution is 2.42. The van der Waals surface area contributed by atoms with Gasteiger partial charge in [-0.2, -0.15) is 13.1 Å². The number of benzene rings is 1. The van der Waals surface area contributed by atoms with Crippen LogP contribution in [-0.4, -0.2) is 59.3 Å². The number of ketones is 1. The van der Waals surface area contributed by atoms with Gasteiger partial charge in [-0.25, -0.2) is 9.97 Å². The number of halogens is 1. The van der Waals surface area contributed by atoms with E-state index in [1.165, 1.54) is 23.9 Å². The molecule has 13 heteroatoms. The molecule has 0 spiro atoms. The first-order valence-corrected chi connectivity index (χ1v) is 15.1. The number of fused-ring (bicyclic) bond motifs is 1. The van der Waals surface area contributed by atoms with E-state index < -0.39 is 28.3 Å². The molecule has 1 aromatic carbocycles.